The average molecular weight is 622 g/mol. The molecule has 8 heteroatoms. The van der Waals surface area contributed by atoms with E-state index in [1.54, 1.807) is 24.1 Å². The van der Waals surface area contributed by atoms with Gasteiger partial charge in [0, 0.05) is 36.4 Å². The maximum Gasteiger partial charge on any atom is 0.262 e. The number of nitrogens with one attached hydrogen (secondary N) is 2. The number of benzene rings is 3. The fourth-order valence-electron chi connectivity index (χ4n) is 4.99. The second kappa shape index (κ2) is 16.1. The Morgan fingerprint density at radius 1 is 0.773 bits per heavy atom. The number of sulfonamides is 1. The van der Waals surface area contributed by atoms with Gasteiger partial charge in [0.15, 0.2) is 0 Å². The van der Waals surface area contributed by atoms with Crippen molar-refractivity contribution in [2.24, 2.45) is 0 Å². The smallest absolute Gasteiger partial charge is 0.262 e. The maximum absolute atomic E-state index is 13.8. The molecule has 240 valence electrons. The van der Waals surface area contributed by atoms with E-state index in [9.17, 15) is 13.2 Å². The number of ether oxygens (including phenoxy) is 1. The van der Waals surface area contributed by atoms with Gasteiger partial charge in [-0.15, -0.1) is 0 Å². The standard InChI is InChI=1S/C36H51N3O4S/c1-9-10-11-12-21-43-24-35(40)39(8)32-19-17-30(18-20-32)37-29-13-15-31(16-14-29)38-44(41,42)36-33(26(4)5)22-28(25(2)3)23-34(36)27(6)7/h13-20,22-23,25-27,37-38H,9-12,21,24H2,1-8H3. The van der Waals surface area contributed by atoms with Gasteiger partial charge < -0.3 is 15.0 Å². The molecule has 0 aromatic heterocycles. The second-order valence-electron chi connectivity index (χ2n) is 12.4. The summed E-state index contributed by atoms with van der Waals surface area (Å²) in [6.07, 6.45) is 4.46. The van der Waals surface area contributed by atoms with Crippen LogP contribution in [0.4, 0.5) is 22.7 Å². The van der Waals surface area contributed by atoms with Crippen molar-refractivity contribution in [2.75, 3.05) is 35.2 Å². The summed E-state index contributed by atoms with van der Waals surface area (Å²) in [6, 6.07) is 18.9. The van der Waals surface area contributed by atoms with Crippen LogP contribution in [-0.2, 0) is 19.6 Å². The highest BCUT2D eigenvalue weighted by Crippen LogP contribution is 2.36. The number of likely N-dealkylation sites (N-methyl/N-ethyl adjacent to an activating group) is 1. The number of carbonyl (C=O) groups is 1. The van der Waals surface area contributed by atoms with Crippen LogP contribution in [-0.4, -0.2) is 34.6 Å². The Labute approximate surface area is 265 Å². The first-order valence-electron chi connectivity index (χ1n) is 15.9. The van der Waals surface area contributed by atoms with Crippen molar-refractivity contribution in [3.05, 3.63) is 77.4 Å². The van der Waals surface area contributed by atoms with E-state index in [-0.39, 0.29) is 24.3 Å². The molecule has 0 atom stereocenters. The summed E-state index contributed by atoms with van der Waals surface area (Å²) in [5.41, 5.74) is 5.78. The number of amides is 1. The Balaban J connectivity index is 1.67. The third-order valence-corrected chi connectivity index (χ3v) is 9.28. The van der Waals surface area contributed by atoms with E-state index < -0.39 is 10.0 Å². The zero-order valence-electron chi connectivity index (χ0n) is 27.7. The van der Waals surface area contributed by atoms with Crippen LogP contribution in [0.1, 0.15) is 109 Å². The minimum atomic E-state index is -3.82. The number of anilines is 4. The zero-order valence-corrected chi connectivity index (χ0v) is 28.6. The van der Waals surface area contributed by atoms with Crippen molar-refractivity contribution < 1.29 is 17.9 Å². The number of unbranched alkanes of at least 4 members (excludes halogenated alkanes) is 3. The molecule has 7 nitrogen and oxygen atoms in total. The van der Waals surface area contributed by atoms with Crippen molar-refractivity contribution in [1.29, 1.82) is 0 Å². The van der Waals surface area contributed by atoms with Crippen LogP contribution in [0.15, 0.2) is 65.6 Å². The molecule has 0 fully saturated rings. The first-order chi connectivity index (χ1) is 20.8. The highest BCUT2D eigenvalue weighted by molar-refractivity contribution is 7.92. The molecule has 1 amide bonds. The molecule has 0 saturated heterocycles. The van der Waals surface area contributed by atoms with Crippen LogP contribution in [0.5, 0.6) is 0 Å². The number of rotatable bonds is 16. The van der Waals surface area contributed by atoms with Gasteiger partial charge in [-0.2, -0.15) is 0 Å². The van der Waals surface area contributed by atoms with Gasteiger partial charge in [-0.1, -0.05) is 79.9 Å². The number of nitrogens with zero attached hydrogens (tertiary/aromatic N) is 1. The summed E-state index contributed by atoms with van der Waals surface area (Å²) in [6.45, 7) is 15.3. The van der Waals surface area contributed by atoms with E-state index in [1.165, 1.54) is 12.8 Å². The highest BCUT2D eigenvalue weighted by atomic mass is 32.2. The number of hydrogen-bond acceptors (Lipinski definition) is 5. The molecule has 3 rings (SSSR count). The Morgan fingerprint density at radius 2 is 1.30 bits per heavy atom. The van der Waals surface area contributed by atoms with Crippen LogP contribution < -0.4 is 14.9 Å². The molecular weight excluding hydrogens is 570 g/mol. The first kappa shape index (κ1) is 35.1. The molecule has 0 aliphatic heterocycles. The molecule has 0 aliphatic carbocycles. The molecule has 0 unspecified atom stereocenters. The van der Waals surface area contributed by atoms with Crippen molar-refractivity contribution in [2.45, 2.75) is 96.8 Å². The van der Waals surface area contributed by atoms with Crippen LogP contribution in [0, 0.1) is 0 Å². The molecule has 0 bridgehead atoms. The van der Waals surface area contributed by atoms with E-state index in [0.717, 1.165) is 46.6 Å². The topological polar surface area (TPSA) is 87.7 Å². The first-order valence-corrected chi connectivity index (χ1v) is 17.3. The van der Waals surface area contributed by atoms with Crippen molar-refractivity contribution in [3.63, 3.8) is 0 Å². The van der Waals surface area contributed by atoms with Gasteiger partial charge >= 0.3 is 0 Å². The van der Waals surface area contributed by atoms with Gasteiger partial charge in [0.2, 0.25) is 0 Å². The molecule has 0 saturated carbocycles. The van der Waals surface area contributed by atoms with Crippen LogP contribution >= 0.6 is 0 Å². The fraction of sp³-hybridized carbons (Fsp3) is 0.472. The summed E-state index contributed by atoms with van der Waals surface area (Å²) in [7, 11) is -2.07. The Bertz CT molecular complexity index is 1440. The van der Waals surface area contributed by atoms with Crippen molar-refractivity contribution in [1.82, 2.24) is 0 Å². The molecule has 0 radical (unpaired) electrons. The van der Waals surface area contributed by atoms with Crippen molar-refractivity contribution >= 4 is 38.7 Å². The molecule has 0 heterocycles. The summed E-state index contributed by atoms with van der Waals surface area (Å²) in [4.78, 5) is 14.5. The molecule has 3 aromatic rings. The quantitative estimate of drug-likeness (QED) is 0.156. The predicted octanol–water partition coefficient (Wildman–Crippen LogP) is 9.16. The number of hydrogen-bond donors (Lipinski definition) is 2. The van der Waals surface area contributed by atoms with E-state index in [0.29, 0.717) is 23.1 Å². The highest BCUT2D eigenvalue weighted by Gasteiger charge is 2.27. The van der Waals surface area contributed by atoms with E-state index >= 15 is 0 Å². The van der Waals surface area contributed by atoms with Gasteiger partial charge in [0.05, 0.1) is 4.90 Å². The maximum atomic E-state index is 13.8. The molecular formula is C36H51N3O4S. The summed E-state index contributed by atoms with van der Waals surface area (Å²) < 4.78 is 36.0. The van der Waals surface area contributed by atoms with Crippen LogP contribution in [0.3, 0.4) is 0 Å². The lowest BCUT2D eigenvalue weighted by Crippen LogP contribution is -2.30. The number of carbonyl (C=O) groups excluding carboxylic acids is 1. The lowest BCUT2D eigenvalue weighted by atomic mass is 9.89. The monoisotopic (exact) mass is 621 g/mol. The molecule has 0 spiro atoms. The Hall–Kier alpha value is -3.36. The largest absolute Gasteiger partial charge is 0.372 e. The van der Waals surface area contributed by atoms with Crippen molar-refractivity contribution in [3.8, 4) is 0 Å². The molecule has 2 N–H and O–H groups in total. The summed E-state index contributed by atoms with van der Waals surface area (Å²) in [5.74, 6) is 0.333. The fourth-order valence-corrected chi connectivity index (χ4v) is 6.75. The van der Waals surface area contributed by atoms with Gasteiger partial charge in [0.1, 0.15) is 6.61 Å². The third kappa shape index (κ3) is 9.57. The SMILES string of the molecule is CCCCCCOCC(=O)N(C)c1ccc(Nc2ccc(NS(=O)(=O)c3c(C(C)C)cc(C(C)C)cc3C(C)C)cc2)cc1. The molecule has 44 heavy (non-hydrogen) atoms. The third-order valence-electron chi connectivity index (χ3n) is 7.77. The van der Waals surface area contributed by atoms with E-state index in [2.05, 4.69) is 30.8 Å². The zero-order chi connectivity index (χ0) is 32.4. The normalized spacial score (nSPS) is 11.8. The average Bonchev–Trinajstić information content (AvgIpc) is 2.98. The molecule has 3 aromatic carbocycles. The van der Waals surface area contributed by atoms with Crippen LogP contribution in [0.25, 0.3) is 0 Å². The summed E-state index contributed by atoms with van der Waals surface area (Å²) >= 11 is 0. The molecule has 0 aliphatic rings. The van der Waals surface area contributed by atoms with Gasteiger partial charge in [-0.25, -0.2) is 8.42 Å². The Morgan fingerprint density at radius 3 is 1.80 bits per heavy atom. The lowest BCUT2D eigenvalue weighted by Gasteiger charge is -2.23. The minimum absolute atomic E-state index is 0.0577. The Kier molecular flexibility index (Phi) is 12.8. The van der Waals surface area contributed by atoms with Gasteiger partial charge in [-0.05, 0) is 89.4 Å². The lowest BCUT2D eigenvalue weighted by molar-refractivity contribution is -0.122. The van der Waals surface area contributed by atoms with Gasteiger partial charge in [-0.3, -0.25) is 9.52 Å². The van der Waals surface area contributed by atoms with E-state index in [4.69, 9.17) is 4.74 Å². The van der Waals surface area contributed by atoms with E-state index in [1.807, 2.05) is 76.2 Å². The predicted molar refractivity (Wildman–Crippen MR) is 184 cm³/mol. The second-order valence-corrected chi connectivity index (χ2v) is 14.0. The van der Waals surface area contributed by atoms with Gasteiger partial charge in [0.25, 0.3) is 15.9 Å². The van der Waals surface area contributed by atoms with Crippen LogP contribution in [0.2, 0.25) is 0 Å². The minimum Gasteiger partial charge on any atom is -0.372 e. The summed E-state index contributed by atoms with van der Waals surface area (Å²) in [5, 5.41) is 3.34.